The van der Waals surface area contributed by atoms with Crippen molar-refractivity contribution in [3.63, 3.8) is 0 Å². The van der Waals surface area contributed by atoms with Gasteiger partial charge in [0.1, 0.15) is 30.3 Å². The summed E-state index contributed by atoms with van der Waals surface area (Å²) in [7, 11) is 0. The number of rotatable bonds is 23. The lowest BCUT2D eigenvalue weighted by atomic mass is 9.81. The third kappa shape index (κ3) is 14.5. The van der Waals surface area contributed by atoms with Crippen molar-refractivity contribution >= 4 is 29.6 Å². The van der Waals surface area contributed by atoms with Gasteiger partial charge in [0.2, 0.25) is 23.6 Å². The Morgan fingerprint density at radius 3 is 2.16 bits per heavy atom. The van der Waals surface area contributed by atoms with Crippen molar-refractivity contribution in [1.29, 1.82) is 0 Å². The van der Waals surface area contributed by atoms with Crippen LogP contribution in [0.15, 0.2) is 60.8 Å². The molecule has 15 heteroatoms. The molecule has 4 amide bonds. The SMILES string of the molecule is CCC(C)C(C)(CCC(=O)O)NCC(=O)NC(C(=O)N[C@@H](C)C(=O)NCCCN(C(=O)CO)[C@@H](c1cc(-c2cc(F)ccc2F)cn1Cc1ccccc1)C(C)(C)C)C(C)C. The van der Waals surface area contributed by atoms with Crippen LogP contribution in [-0.2, 0) is 30.5 Å². The van der Waals surface area contributed by atoms with E-state index in [1.807, 2.05) is 76.4 Å². The summed E-state index contributed by atoms with van der Waals surface area (Å²) >= 11 is 0. The Bertz CT molecular complexity index is 1950. The fourth-order valence-electron chi connectivity index (χ4n) is 7.45. The van der Waals surface area contributed by atoms with E-state index in [4.69, 9.17) is 0 Å². The lowest BCUT2D eigenvalue weighted by Crippen LogP contribution is -2.57. The normalized spacial score (nSPS) is 14.6. The van der Waals surface area contributed by atoms with E-state index in [1.165, 1.54) is 6.92 Å². The molecule has 0 radical (unpaired) electrons. The van der Waals surface area contributed by atoms with Gasteiger partial charge in [0, 0.05) is 54.6 Å². The summed E-state index contributed by atoms with van der Waals surface area (Å²) in [6, 6.07) is 12.0. The van der Waals surface area contributed by atoms with Crippen LogP contribution < -0.4 is 21.3 Å². The van der Waals surface area contributed by atoms with Gasteiger partial charge in [-0.15, -0.1) is 0 Å². The standard InChI is InChI=1S/C46H66F2N6O7/c1-10-30(4)46(9,20-19-40(58)59)50-25-38(56)52-41(29(2)3)44(61)51-31(5)43(60)49-21-14-22-54(39(57)28-55)42(45(6,7)8)37-23-33(35-24-34(47)17-18-36(35)48)27-53(37)26-32-15-12-11-13-16-32/h11-13,15-18,23-24,27,29-31,41-42,50,55H,10,14,19-22,25-26,28H2,1-9H3,(H,49,60)(H,51,61)(H,52,56)(H,58,59)/t30?,31-,41?,42-,46?/m0/s1. The number of nitrogens with one attached hydrogen (secondary N) is 4. The number of carbonyl (C=O) groups excluding carboxylic acids is 4. The number of benzene rings is 2. The number of aliphatic carboxylic acids is 1. The predicted octanol–water partition coefficient (Wildman–Crippen LogP) is 5.80. The monoisotopic (exact) mass is 852 g/mol. The fourth-order valence-corrected chi connectivity index (χ4v) is 7.45. The minimum absolute atomic E-state index is 0.0594. The van der Waals surface area contributed by atoms with E-state index in [-0.39, 0.29) is 49.9 Å². The fraction of sp³-hybridized carbons (Fsp3) is 0.543. The van der Waals surface area contributed by atoms with Gasteiger partial charge in [0.25, 0.3) is 0 Å². The third-order valence-corrected chi connectivity index (χ3v) is 11.3. The molecule has 0 saturated heterocycles. The van der Waals surface area contributed by atoms with Crippen LogP contribution >= 0.6 is 0 Å². The van der Waals surface area contributed by atoms with Gasteiger partial charge < -0.3 is 40.9 Å². The number of nitrogens with zero attached hydrogens (tertiary/aromatic N) is 2. The second kappa shape index (κ2) is 22.6. The van der Waals surface area contributed by atoms with Gasteiger partial charge in [-0.1, -0.05) is 85.2 Å². The highest BCUT2D eigenvalue weighted by Crippen LogP contribution is 2.41. The first-order valence-electron chi connectivity index (χ1n) is 21.1. The van der Waals surface area contributed by atoms with Crippen LogP contribution in [0.3, 0.4) is 0 Å². The van der Waals surface area contributed by atoms with Crippen LogP contribution in [0.5, 0.6) is 0 Å². The Kier molecular flexibility index (Phi) is 18.6. The quantitative estimate of drug-likeness (QED) is 0.0648. The molecule has 0 saturated carbocycles. The van der Waals surface area contributed by atoms with E-state index >= 15 is 4.39 Å². The molecule has 61 heavy (non-hydrogen) atoms. The second-order valence-corrected chi connectivity index (χ2v) is 17.5. The van der Waals surface area contributed by atoms with Crippen LogP contribution in [-0.4, -0.2) is 93.1 Å². The van der Waals surface area contributed by atoms with Gasteiger partial charge in [-0.3, -0.25) is 24.0 Å². The Morgan fingerprint density at radius 2 is 1.57 bits per heavy atom. The summed E-state index contributed by atoms with van der Waals surface area (Å²) in [5, 5.41) is 30.8. The Labute approximate surface area is 359 Å². The molecule has 0 aliphatic heterocycles. The van der Waals surface area contributed by atoms with Gasteiger partial charge >= 0.3 is 5.97 Å². The van der Waals surface area contributed by atoms with Crippen molar-refractivity contribution in [3.05, 3.63) is 83.7 Å². The number of hydrogen-bond acceptors (Lipinski definition) is 7. The minimum Gasteiger partial charge on any atom is -0.481 e. The summed E-state index contributed by atoms with van der Waals surface area (Å²) in [6.07, 6.45) is 3.04. The van der Waals surface area contributed by atoms with E-state index in [0.29, 0.717) is 24.2 Å². The van der Waals surface area contributed by atoms with E-state index in [1.54, 1.807) is 31.0 Å². The molecule has 6 N–H and O–H groups in total. The van der Waals surface area contributed by atoms with Crippen LogP contribution in [0.2, 0.25) is 0 Å². The zero-order chi connectivity index (χ0) is 45.7. The number of halogens is 2. The van der Waals surface area contributed by atoms with Gasteiger partial charge in [-0.2, -0.15) is 0 Å². The molecular formula is C46H66F2N6O7. The van der Waals surface area contributed by atoms with Crippen molar-refractivity contribution < 1.29 is 43.0 Å². The zero-order valence-corrected chi connectivity index (χ0v) is 37.1. The van der Waals surface area contributed by atoms with Crippen molar-refractivity contribution in [2.45, 2.75) is 118 Å². The maximum Gasteiger partial charge on any atom is 0.303 e. The molecule has 0 aliphatic carbocycles. The van der Waals surface area contributed by atoms with Crippen LogP contribution in [0, 0.1) is 28.9 Å². The summed E-state index contributed by atoms with van der Waals surface area (Å²) in [6.45, 7) is 16.4. The van der Waals surface area contributed by atoms with E-state index in [9.17, 15) is 38.6 Å². The first-order valence-corrected chi connectivity index (χ1v) is 21.1. The predicted molar refractivity (Wildman–Crippen MR) is 231 cm³/mol. The highest BCUT2D eigenvalue weighted by Gasteiger charge is 2.37. The second-order valence-electron chi connectivity index (χ2n) is 17.5. The number of aliphatic hydroxyl groups is 1. The molecule has 0 spiro atoms. The zero-order valence-electron chi connectivity index (χ0n) is 37.1. The summed E-state index contributed by atoms with van der Waals surface area (Å²) < 4.78 is 31.4. The molecule has 0 bridgehead atoms. The molecule has 1 heterocycles. The van der Waals surface area contributed by atoms with Crippen molar-refractivity contribution in [2.75, 3.05) is 26.2 Å². The molecule has 3 aromatic rings. The number of aliphatic hydroxyl groups excluding tert-OH is 1. The summed E-state index contributed by atoms with van der Waals surface area (Å²) in [4.78, 5) is 66.0. The van der Waals surface area contributed by atoms with Crippen molar-refractivity contribution in [3.8, 4) is 11.1 Å². The third-order valence-electron chi connectivity index (χ3n) is 11.3. The van der Waals surface area contributed by atoms with Crippen molar-refractivity contribution in [1.82, 2.24) is 30.7 Å². The molecule has 3 unspecified atom stereocenters. The summed E-state index contributed by atoms with van der Waals surface area (Å²) in [5.74, 6) is -4.42. The van der Waals surface area contributed by atoms with Crippen LogP contribution in [0.4, 0.5) is 8.78 Å². The minimum atomic E-state index is -0.978. The number of carboxylic acid groups (broad SMARTS) is 1. The molecule has 5 atom stereocenters. The number of carbonyl (C=O) groups is 5. The summed E-state index contributed by atoms with van der Waals surface area (Å²) in [5.41, 5.74) is 0.830. The molecule has 3 rings (SSSR count). The van der Waals surface area contributed by atoms with E-state index in [2.05, 4.69) is 21.3 Å². The Balaban J connectivity index is 1.73. The highest BCUT2D eigenvalue weighted by atomic mass is 19.1. The van der Waals surface area contributed by atoms with Gasteiger partial charge in [0.05, 0.1) is 12.6 Å². The topological polar surface area (TPSA) is 182 Å². The average Bonchev–Trinajstić information content (AvgIpc) is 3.61. The molecule has 13 nitrogen and oxygen atoms in total. The Hall–Kier alpha value is -5.15. The van der Waals surface area contributed by atoms with Gasteiger partial charge in [0.15, 0.2) is 0 Å². The number of amides is 4. The van der Waals surface area contributed by atoms with Crippen LogP contribution in [0.25, 0.3) is 11.1 Å². The van der Waals surface area contributed by atoms with Crippen LogP contribution in [0.1, 0.15) is 105 Å². The highest BCUT2D eigenvalue weighted by molar-refractivity contribution is 5.92. The first-order chi connectivity index (χ1) is 28.6. The first kappa shape index (κ1) is 50.2. The van der Waals surface area contributed by atoms with E-state index in [0.717, 1.165) is 30.2 Å². The maximum atomic E-state index is 15.1. The lowest BCUT2D eigenvalue weighted by Gasteiger charge is -2.41. The largest absolute Gasteiger partial charge is 0.481 e. The van der Waals surface area contributed by atoms with Gasteiger partial charge in [-0.05, 0) is 73.8 Å². The maximum absolute atomic E-state index is 15.1. The number of hydrogen-bond donors (Lipinski definition) is 6. The average molecular weight is 853 g/mol. The molecule has 0 aliphatic rings. The molecular weight excluding hydrogens is 787 g/mol. The number of aromatic nitrogens is 1. The van der Waals surface area contributed by atoms with Crippen molar-refractivity contribution in [2.24, 2.45) is 17.3 Å². The Morgan fingerprint density at radius 1 is 0.902 bits per heavy atom. The number of carboxylic acids is 1. The smallest absolute Gasteiger partial charge is 0.303 e. The molecule has 336 valence electrons. The van der Waals surface area contributed by atoms with Gasteiger partial charge in [-0.25, -0.2) is 8.78 Å². The molecule has 0 fully saturated rings. The molecule has 2 aromatic carbocycles. The van der Waals surface area contributed by atoms with E-state index < -0.39 is 76.9 Å². The molecule has 1 aromatic heterocycles. The lowest BCUT2D eigenvalue weighted by molar-refractivity contribution is -0.139.